The summed E-state index contributed by atoms with van der Waals surface area (Å²) in [5, 5.41) is 7.83. The molecule has 1 aromatic carbocycles. The lowest BCUT2D eigenvalue weighted by atomic mass is 10.0. The van der Waals surface area contributed by atoms with E-state index in [1.54, 1.807) is 19.2 Å². The first kappa shape index (κ1) is 13.7. The van der Waals surface area contributed by atoms with Gasteiger partial charge in [0.15, 0.2) is 0 Å². The first-order valence-corrected chi connectivity index (χ1v) is 7.06. The minimum absolute atomic E-state index is 0.0236. The highest BCUT2D eigenvalue weighted by Crippen LogP contribution is 2.23. The minimum atomic E-state index is -0.311. The largest absolute Gasteiger partial charge is 0.338 e. The molecule has 1 saturated heterocycles. The van der Waals surface area contributed by atoms with Gasteiger partial charge in [-0.2, -0.15) is 0 Å². The highest BCUT2D eigenvalue weighted by molar-refractivity contribution is 5.95. The standard InChI is InChI=1S/C15H17FN4O/c1-11-10-12(16)2-3-14(11)15(21)19-7-4-13(5-8-19)20-9-6-17-18-20/h2-3,6,9-10,13H,4-5,7-8H2,1H3. The van der Waals surface area contributed by atoms with Gasteiger partial charge >= 0.3 is 0 Å². The van der Waals surface area contributed by atoms with Gasteiger partial charge in [0.1, 0.15) is 5.82 Å². The molecule has 2 aromatic rings. The molecule has 0 bridgehead atoms. The Morgan fingerprint density at radius 3 is 2.71 bits per heavy atom. The molecular formula is C15H17FN4O. The Morgan fingerprint density at radius 2 is 2.10 bits per heavy atom. The zero-order chi connectivity index (χ0) is 14.8. The van der Waals surface area contributed by atoms with Crippen LogP contribution in [0.25, 0.3) is 0 Å². The quantitative estimate of drug-likeness (QED) is 0.851. The van der Waals surface area contributed by atoms with E-state index in [9.17, 15) is 9.18 Å². The average Bonchev–Trinajstić information content (AvgIpc) is 3.01. The molecule has 0 unspecified atom stereocenters. The second-order valence-corrected chi connectivity index (χ2v) is 5.37. The van der Waals surface area contributed by atoms with Crippen LogP contribution >= 0.6 is 0 Å². The van der Waals surface area contributed by atoms with E-state index in [4.69, 9.17) is 0 Å². The van der Waals surface area contributed by atoms with Crippen LogP contribution in [0, 0.1) is 12.7 Å². The SMILES string of the molecule is Cc1cc(F)ccc1C(=O)N1CCC(n2ccnn2)CC1. The molecule has 2 heterocycles. The summed E-state index contributed by atoms with van der Waals surface area (Å²) < 4.78 is 15.0. The second kappa shape index (κ2) is 5.63. The number of rotatable bonds is 2. The molecular weight excluding hydrogens is 271 g/mol. The van der Waals surface area contributed by atoms with E-state index in [2.05, 4.69) is 10.3 Å². The van der Waals surface area contributed by atoms with Gasteiger partial charge in [-0.1, -0.05) is 5.21 Å². The van der Waals surface area contributed by atoms with Crippen molar-refractivity contribution < 1.29 is 9.18 Å². The lowest BCUT2D eigenvalue weighted by Gasteiger charge is -2.32. The first-order chi connectivity index (χ1) is 10.1. The summed E-state index contributed by atoms with van der Waals surface area (Å²) in [7, 11) is 0. The summed E-state index contributed by atoms with van der Waals surface area (Å²) >= 11 is 0. The number of amides is 1. The van der Waals surface area contributed by atoms with Gasteiger partial charge in [-0.15, -0.1) is 5.10 Å². The molecule has 1 aliphatic heterocycles. The van der Waals surface area contributed by atoms with Crippen LogP contribution in [0.4, 0.5) is 4.39 Å². The van der Waals surface area contributed by atoms with Crippen molar-refractivity contribution in [3.63, 3.8) is 0 Å². The minimum Gasteiger partial charge on any atom is -0.338 e. The number of carbonyl (C=O) groups excluding carboxylic acids is 1. The number of piperidine rings is 1. The van der Waals surface area contributed by atoms with Gasteiger partial charge in [0.25, 0.3) is 5.91 Å². The molecule has 0 N–H and O–H groups in total. The lowest BCUT2D eigenvalue weighted by molar-refractivity contribution is 0.0688. The molecule has 1 aliphatic rings. The summed E-state index contributed by atoms with van der Waals surface area (Å²) in [6.07, 6.45) is 5.23. The predicted molar refractivity (Wildman–Crippen MR) is 75.3 cm³/mol. The molecule has 6 heteroatoms. The van der Waals surface area contributed by atoms with Crippen LogP contribution in [0.3, 0.4) is 0 Å². The Labute approximate surface area is 122 Å². The second-order valence-electron chi connectivity index (χ2n) is 5.37. The third kappa shape index (κ3) is 2.79. The Morgan fingerprint density at radius 1 is 1.33 bits per heavy atom. The van der Waals surface area contributed by atoms with E-state index in [1.165, 1.54) is 12.1 Å². The molecule has 3 rings (SSSR count). The van der Waals surface area contributed by atoms with E-state index >= 15 is 0 Å². The van der Waals surface area contributed by atoms with Crippen molar-refractivity contribution in [2.75, 3.05) is 13.1 Å². The molecule has 0 aliphatic carbocycles. The Hall–Kier alpha value is -2.24. The lowest BCUT2D eigenvalue weighted by Crippen LogP contribution is -2.39. The maximum atomic E-state index is 13.1. The van der Waals surface area contributed by atoms with Crippen LogP contribution in [0.1, 0.15) is 34.8 Å². The van der Waals surface area contributed by atoms with E-state index in [0.29, 0.717) is 30.3 Å². The van der Waals surface area contributed by atoms with Crippen LogP contribution in [-0.4, -0.2) is 38.9 Å². The number of nitrogens with zero attached hydrogens (tertiary/aromatic N) is 4. The molecule has 0 saturated carbocycles. The average molecular weight is 288 g/mol. The highest BCUT2D eigenvalue weighted by atomic mass is 19.1. The van der Waals surface area contributed by atoms with E-state index in [0.717, 1.165) is 12.8 Å². The van der Waals surface area contributed by atoms with Crippen LogP contribution in [0.2, 0.25) is 0 Å². The molecule has 1 aromatic heterocycles. The summed E-state index contributed by atoms with van der Waals surface area (Å²) in [5.41, 5.74) is 1.26. The fourth-order valence-corrected chi connectivity index (χ4v) is 2.78. The zero-order valence-electron chi connectivity index (χ0n) is 11.9. The molecule has 0 atom stereocenters. The number of benzene rings is 1. The van der Waals surface area contributed by atoms with Crippen LogP contribution < -0.4 is 0 Å². The fourth-order valence-electron chi connectivity index (χ4n) is 2.78. The van der Waals surface area contributed by atoms with Crippen molar-refractivity contribution in [3.8, 4) is 0 Å². The Balaban J connectivity index is 1.67. The van der Waals surface area contributed by atoms with Crippen LogP contribution in [-0.2, 0) is 0 Å². The van der Waals surface area contributed by atoms with Gasteiger partial charge in [0.05, 0.1) is 12.2 Å². The van der Waals surface area contributed by atoms with Gasteiger partial charge in [0.2, 0.25) is 0 Å². The van der Waals surface area contributed by atoms with Crippen molar-refractivity contribution in [2.24, 2.45) is 0 Å². The van der Waals surface area contributed by atoms with Crippen molar-refractivity contribution in [1.29, 1.82) is 0 Å². The van der Waals surface area contributed by atoms with Crippen molar-refractivity contribution >= 4 is 5.91 Å². The van der Waals surface area contributed by atoms with E-state index in [-0.39, 0.29) is 11.7 Å². The van der Waals surface area contributed by atoms with Gasteiger partial charge in [-0.25, -0.2) is 9.07 Å². The summed E-state index contributed by atoms with van der Waals surface area (Å²) in [5.74, 6) is -0.335. The number of hydrogen-bond donors (Lipinski definition) is 0. The molecule has 110 valence electrons. The van der Waals surface area contributed by atoms with Gasteiger partial charge < -0.3 is 4.90 Å². The third-order valence-electron chi connectivity index (χ3n) is 3.99. The first-order valence-electron chi connectivity index (χ1n) is 7.06. The monoisotopic (exact) mass is 288 g/mol. The maximum absolute atomic E-state index is 13.1. The maximum Gasteiger partial charge on any atom is 0.254 e. The van der Waals surface area contributed by atoms with Crippen molar-refractivity contribution in [2.45, 2.75) is 25.8 Å². The topological polar surface area (TPSA) is 51.0 Å². The molecule has 21 heavy (non-hydrogen) atoms. The van der Waals surface area contributed by atoms with Crippen molar-refractivity contribution in [3.05, 3.63) is 47.5 Å². The highest BCUT2D eigenvalue weighted by Gasteiger charge is 2.25. The normalized spacial score (nSPS) is 16.2. The molecule has 1 fully saturated rings. The summed E-state index contributed by atoms with van der Waals surface area (Å²) in [6, 6.07) is 4.60. The van der Waals surface area contributed by atoms with Crippen LogP contribution in [0.15, 0.2) is 30.6 Å². The van der Waals surface area contributed by atoms with Crippen LogP contribution in [0.5, 0.6) is 0 Å². The number of hydrogen-bond acceptors (Lipinski definition) is 3. The predicted octanol–water partition coefficient (Wildman–Crippen LogP) is 2.20. The fraction of sp³-hybridized carbons (Fsp3) is 0.400. The molecule has 0 radical (unpaired) electrons. The zero-order valence-corrected chi connectivity index (χ0v) is 11.9. The smallest absolute Gasteiger partial charge is 0.254 e. The van der Waals surface area contributed by atoms with Crippen molar-refractivity contribution in [1.82, 2.24) is 19.9 Å². The molecule has 1 amide bonds. The number of aromatic nitrogens is 3. The Bertz CT molecular complexity index is 633. The number of halogens is 1. The van der Waals surface area contributed by atoms with Gasteiger partial charge in [0, 0.05) is 24.8 Å². The summed E-state index contributed by atoms with van der Waals surface area (Å²) in [6.45, 7) is 3.12. The molecule has 0 spiro atoms. The van der Waals surface area contributed by atoms with E-state index in [1.807, 2.05) is 15.8 Å². The third-order valence-corrected chi connectivity index (χ3v) is 3.99. The number of carbonyl (C=O) groups is 1. The summed E-state index contributed by atoms with van der Waals surface area (Å²) in [4.78, 5) is 14.3. The van der Waals surface area contributed by atoms with Gasteiger partial charge in [-0.3, -0.25) is 4.79 Å². The number of aryl methyl sites for hydroxylation is 1. The van der Waals surface area contributed by atoms with E-state index < -0.39 is 0 Å². The Kier molecular flexibility index (Phi) is 3.68. The number of likely N-dealkylation sites (tertiary alicyclic amines) is 1. The molecule has 5 nitrogen and oxygen atoms in total. The van der Waals surface area contributed by atoms with Gasteiger partial charge in [-0.05, 0) is 43.5 Å².